The zero-order valence-corrected chi connectivity index (χ0v) is 21.4. The molecule has 0 spiro atoms. The Labute approximate surface area is 236 Å². The Morgan fingerprint density at radius 1 is 1.17 bits per heavy atom. The van der Waals surface area contributed by atoms with Gasteiger partial charge in [0.05, 0.1) is 19.0 Å². The van der Waals surface area contributed by atoms with Gasteiger partial charge in [0.2, 0.25) is 0 Å². The summed E-state index contributed by atoms with van der Waals surface area (Å²) < 4.78 is 51.1. The van der Waals surface area contributed by atoms with Crippen LogP contribution in [0.5, 0.6) is 0 Å². The first-order chi connectivity index (χ1) is 15.2. The van der Waals surface area contributed by atoms with Crippen molar-refractivity contribution in [3.05, 3.63) is 23.1 Å². The Morgan fingerprint density at radius 2 is 1.81 bits per heavy atom. The third-order valence-electron chi connectivity index (χ3n) is 3.98. The zero-order valence-electron chi connectivity index (χ0n) is 18.7. The fourth-order valence-electron chi connectivity index (χ4n) is 2.79. The maximum atomic E-state index is 11.7. The first-order valence-corrected chi connectivity index (χ1v) is 12.7. The molecule has 0 aliphatic carbocycles. The van der Waals surface area contributed by atoms with Crippen LogP contribution in [0.3, 0.4) is 0 Å². The van der Waals surface area contributed by atoms with E-state index in [9.17, 15) is 33.5 Å². The average Bonchev–Trinajstić information content (AvgIpc) is 3.20. The van der Waals surface area contributed by atoms with Crippen molar-refractivity contribution in [1.29, 1.82) is 0 Å². The molecule has 2 aromatic heterocycles. The standard InChI is InChI=1S/C10H15N8O12P3.3Li/c11-8-6-9(14-2-13-8)18(3-15-6)10-5(16-17-12)7(19)4(28-10)1-27-32(23,24)30-33(25,26)29-31(20,21)22;;;/h2-5,7,10,19H,1H2,(H,23,24)(H,25,26)(H2,11,13,14)(H2,20,21,22);;;/q;3*+1/p-3/t4-,5?,7+,10-;;;/m1.../s1. The molecule has 26 heteroatoms. The number of phosphoric ester groups is 1. The van der Waals surface area contributed by atoms with E-state index in [1.807, 2.05) is 0 Å². The van der Waals surface area contributed by atoms with Gasteiger partial charge in [-0.05, 0) is 5.53 Å². The summed E-state index contributed by atoms with van der Waals surface area (Å²) >= 11 is 0. The first kappa shape index (κ1) is 35.8. The quantitative estimate of drug-likeness (QED) is 0.0858. The number of aliphatic hydroxyl groups is 1. The van der Waals surface area contributed by atoms with Crippen molar-refractivity contribution in [3.63, 3.8) is 0 Å². The van der Waals surface area contributed by atoms with Crippen LogP contribution in [-0.2, 0) is 31.6 Å². The molecule has 1 aliphatic heterocycles. The van der Waals surface area contributed by atoms with Crippen molar-refractivity contribution in [2.45, 2.75) is 24.5 Å². The molecule has 4 N–H and O–H groups in total. The van der Waals surface area contributed by atoms with Crippen molar-refractivity contribution in [1.82, 2.24) is 19.5 Å². The van der Waals surface area contributed by atoms with Crippen LogP contribution in [0.4, 0.5) is 5.82 Å². The van der Waals surface area contributed by atoms with Crippen LogP contribution in [0.2, 0.25) is 0 Å². The van der Waals surface area contributed by atoms with Crippen LogP contribution in [0.1, 0.15) is 6.23 Å². The minimum absolute atomic E-state index is 0. The fraction of sp³-hybridized carbons (Fsp3) is 0.500. The first-order valence-electron chi connectivity index (χ1n) is 8.27. The van der Waals surface area contributed by atoms with Gasteiger partial charge in [0.15, 0.2) is 11.5 Å². The van der Waals surface area contributed by atoms with E-state index in [1.54, 1.807) is 0 Å². The maximum absolute atomic E-state index is 11.7. The van der Waals surface area contributed by atoms with E-state index in [0.717, 1.165) is 6.33 Å². The summed E-state index contributed by atoms with van der Waals surface area (Å²) in [6.45, 7) is -1.08. The monoisotopic (exact) mass is 550 g/mol. The largest absolute Gasteiger partial charge is 1.00 e. The van der Waals surface area contributed by atoms with Crippen molar-refractivity contribution in [3.8, 4) is 0 Å². The van der Waals surface area contributed by atoms with Gasteiger partial charge in [-0.15, -0.1) is 0 Å². The van der Waals surface area contributed by atoms with Crippen molar-refractivity contribution < 1.29 is 113 Å². The number of ether oxygens (including phenoxy) is 1. The van der Waals surface area contributed by atoms with E-state index < -0.39 is 54.6 Å². The number of aliphatic hydroxyl groups excluding tert-OH is 1. The minimum atomic E-state index is -6.10. The number of azide groups is 1. The molecule has 1 aliphatic rings. The second-order valence-electron chi connectivity index (χ2n) is 6.16. The molecule has 1 fully saturated rings. The molecule has 3 rings (SSSR count). The topological polar surface area (TPSA) is 316 Å². The number of fused-ring (bicyclic) bond motifs is 1. The number of phosphoric acid groups is 3. The Balaban J connectivity index is 0.00000408. The van der Waals surface area contributed by atoms with E-state index in [2.05, 4.69) is 38.1 Å². The molecule has 4 unspecified atom stereocenters. The van der Waals surface area contributed by atoms with Crippen LogP contribution in [0, 0.1) is 0 Å². The van der Waals surface area contributed by atoms with Crippen LogP contribution >= 0.6 is 23.5 Å². The van der Waals surface area contributed by atoms with Crippen molar-refractivity contribution >= 4 is 40.4 Å². The summed E-state index contributed by atoms with van der Waals surface area (Å²) in [6, 6.07) is -1.36. The van der Waals surface area contributed by atoms with Gasteiger partial charge in [-0.25, -0.2) is 23.6 Å². The third kappa shape index (κ3) is 8.92. The summed E-state index contributed by atoms with van der Waals surface area (Å²) in [5, 5.41) is 13.8. The molecule has 7 atom stereocenters. The van der Waals surface area contributed by atoms with E-state index >= 15 is 0 Å². The van der Waals surface area contributed by atoms with E-state index in [0.29, 0.717) is 0 Å². The molecule has 0 radical (unpaired) electrons. The SMILES string of the molecule is [Li+].[Li+].[Li+].[N-]=[N+]=NC1[C@@H](O)[C@@H](COP(=O)([O-])OP(=O)([O-])OP(=O)([O-])O)O[C@H]1n1cnc2c(N)ncnc21. The predicted molar refractivity (Wildman–Crippen MR) is 95.7 cm³/mol. The van der Waals surface area contributed by atoms with E-state index in [-0.39, 0.29) is 73.6 Å². The molecular weight excluding hydrogens is 538 g/mol. The molecule has 2 aromatic rings. The minimum Gasteiger partial charge on any atom is -0.756 e. The fourth-order valence-corrected chi connectivity index (χ4v) is 5.69. The molecule has 1 saturated heterocycles. The summed E-state index contributed by atoms with van der Waals surface area (Å²) in [5.74, 6) is 0.0109. The summed E-state index contributed by atoms with van der Waals surface area (Å²) in [6.07, 6.45) is -2.23. The second kappa shape index (κ2) is 13.7. The van der Waals surface area contributed by atoms with Crippen LogP contribution in [0.25, 0.3) is 21.6 Å². The second-order valence-corrected chi connectivity index (χ2v) is 10.4. The predicted octanol–water partition coefficient (Wildman–Crippen LogP) is -11.2. The number of nitrogen functional groups attached to an aromatic ring is 1. The van der Waals surface area contributed by atoms with Crippen LogP contribution in [0.15, 0.2) is 17.8 Å². The molecule has 36 heavy (non-hydrogen) atoms. The molecule has 0 amide bonds. The summed E-state index contributed by atoms with van der Waals surface area (Å²) in [7, 11) is -17.8. The molecule has 20 nitrogen and oxygen atoms in total. The number of nitrogens with zero attached hydrogens (tertiary/aromatic N) is 7. The van der Waals surface area contributed by atoms with Gasteiger partial charge in [-0.3, -0.25) is 18.3 Å². The van der Waals surface area contributed by atoms with Crippen molar-refractivity contribution in [2.24, 2.45) is 5.11 Å². The van der Waals surface area contributed by atoms with Gasteiger partial charge in [0.1, 0.15) is 30.2 Å². The van der Waals surface area contributed by atoms with Crippen molar-refractivity contribution in [2.75, 3.05) is 12.3 Å². The number of imidazole rings is 1. The Kier molecular flexibility index (Phi) is 13.6. The van der Waals surface area contributed by atoms with Crippen LogP contribution < -0.4 is 77.0 Å². The van der Waals surface area contributed by atoms with E-state index in [4.69, 9.17) is 20.9 Å². The van der Waals surface area contributed by atoms with Crippen LogP contribution in [-0.4, -0.2) is 54.4 Å². The Bertz CT molecular complexity index is 1240. The molecule has 0 saturated carbocycles. The van der Waals surface area contributed by atoms with Gasteiger partial charge in [-0.1, -0.05) is 5.11 Å². The van der Waals surface area contributed by atoms with Gasteiger partial charge in [0, 0.05) is 4.91 Å². The van der Waals surface area contributed by atoms with E-state index in [1.165, 1.54) is 10.9 Å². The van der Waals surface area contributed by atoms with Gasteiger partial charge in [0.25, 0.3) is 23.5 Å². The number of anilines is 1. The number of nitrogens with two attached hydrogens (primary N) is 1. The van der Waals surface area contributed by atoms with Gasteiger partial charge in [-0.2, -0.15) is 0 Å². The average molecular weight is 550 g/mol. The zero-order chi connectivity index (χ0) is 24.6. The number of hydrogen-bond donors (Lipinski definition) is 3. The molecular formula is C10H12Li3N8O12P3. The molecule has 0 aromatic carbocycles. The number of rotatable bonds is 9. The summed E-state index contributed by atoms with van der Waals surface area (Å²) in [5.41, 5.74) is 14.8. The molecule has 0 bridgehead atoms. The van der Waals surface area contributed by atoms with Gasteiger partial charge < -0.3 is 39.7 Å². The Hall–Kier alpha value is -0.218. The summed E-state index contributed by atoms with van der Waals surface area (Å²) in [4.78, 5) is 56.1. The molecule has 182 valence electrons. The third-order valence-corrected chi connectivity index (χ3v) is 7.67. The van der Waals surface area contributed by atoms with Gasteiger partial charge >= 0.3 is 56.6 Å². The maximum Gasteiger partial charge on any atom is 1.00 e. The Morgan fingerprint density at radius 3 is 2.39 bits per heavy atom. The normalized spacial score (nSPS) is 26.1. The molecule has 3 heterocycles. The number of hydrogen-bond acceptors (Lipinski definition) is 16. The smallest absolute Gasteiger partial charge is 0.756 e. The number of aromatic nitrogens is 4.